The Morgan fingerprint density at radius 3 is 2.62 bits per heavy atom. The lowest BCUT2D eigenvalue weighted by molar-refractivity contribution is 0.102. The van der Waals surface area contributed by atoms with Gasteiger partial charge >= 0.3 is 0 Å². The Morgan fingerprint density at radius 2 is 1.81 bits per heavy atom. The molecule has 1 N–H and O–H groups in total. The second-order valence-corrected chi connectivity index (χ2v) is 5.24. The van der Waals surface area contributed by atoms with Crippen LogP contribution >= 0.6 is 23.2 Å². The van der Waals surface area contributed by atoms with Crippen molar-refractivity contribution < 1.29 is 4.79 Å². The number of aromatic nitrogens is 1. The highest BCUT2D eigenvalue weighted by Gasteiger charge is 2.10. The summed E-state index contributed by atoms with van der Waals surface area (Å²) in [5, 5.41) is 5.33. The second kappa shape index (κ2) is 5.72. The lowest BCUT2D eigenvalue weighted by atomic mass is 10.1. The summed E-state index contributed by atoms with van der Waals surface area (Å²) in [6.07, 6.45) is 1.40. The average Bonchev–Trinajstić information content (AvgIpc) is 2.50. The van der Waals surface area contributed by atoms with Gasteiger partial charge < -0.3 is 5.32 Å². The zero-order chi connectivity index (χ0) is 14.8. The van der Waals surface area contributed by atoms with Crippen LogP contribution in [0, 0.1) is 0 Å². The Bertz CT molecular complexity index is 828. The minimum Gasteiger partial charge on any atom is -0.321 e. The van der Waals surface area contributed by atoms with E-state index in [1.807, 2.05) is 42.5 Å². The lowest BCUT2D eigenvalue weighted by Crippen LogP contribution is -2.12. The fraction of sp³-hybridized carbons (Fsp3) is 0. The Hall–Kier alpha value is -2.10. The maximum Gasteiger partial charge on any atom is 0.257 e. The predicted octanol–water partition coefficient (Wildman–Crippen LogP) is 4.79. The fourth-order valence-corrected chi connectivity index (χ4v) is 2.34. The second-order valence-electron chi connectivity index (χ2n) is 4.48. The van der Waals surface area contributed by atoms with Crippen LogP contribution in [0.15, 0.2) is 54.7 Å². The van der Waals surface area contributed by atoms with E-state index in [1.54, 1.807) is 0 Å². The van der Waals surface area contributed by atoms with Gasteiger partial charge in [0.2, 0.25) is 0 Å². The topological polar surface area (TPSA) is 42.0 Å². The van der Waals surface area contributed by atoms with Crippen LogP contribution in [0.2, 0.25) is 10.2 Å². The normalized spacial score (nSPS) is 10.6. The molecule has 0 bridgehead atoms. The van der Waals surface area contributed by atoms with Crippen molar-refractivity contribution in [1.82, 2.24) is 4.98 Å². The summed E-state index contributed by atoms with van der Waals surface area (Å²) in [7, 11) is 0. The third-order valence-electron chi connectivity index (χ3n) is 3.10. The molecule has 1 aromatic heterocycles. The van der Waals surface area contributed by atoms with Gasteiger partial charge in [-0.25, -0.2) is 4.98 Å². The van der Waals surface area contributed by atoms with Gasteiger partial charge in [-0.2, -0.15) is 0 Å². The van der Waals surface area contributed by atoms with Crippen LogP contribution in [0.3, 0.4) is 0 Å². The van der Waals surface area contributed by atoms with Gasteiger partial charge in [0.25, 0.3) is 5.91 Å². The summed E-state index contributed by atoms with van der Waals surface area (Å²) in [5.74, 6) is -0.280. The average molecular weight is 317 g/mol. The first-order chi connectivity index (χ1) is 10.1. The van der Waals surface area contributed by atoms with Crippen molar-refractivity contribution in [3.63, 3.8) is 0 Å². The molecule has 5 heteroatoms. The van der Waals surface area contributed by atoms with Crippen LogP contribution in [-0.4, -0.2) is 10.9 Å². The molecule has 1 amide bonds. The molecule has 2 aromatic carbocycles. The third kappa shape index (κ3) is 2.84. The van der Waals surface area contributed by atoms with Gasteiger partial charge in [-0.1, -0.05) is 59.6 Å². The number of rotatable bonds is 2. The van der Waals surface area contributed by atoms with Crippen LogP contribution in [0.5, 0.6) is 0 Å². The first kappa shape index (κ1) is 13.9. The number of hydrogen-bond donors (Lipinski definition) is 1. The zero-order valence-corrected chi connectivity index (χ0v) is 12.3. The molecular weight excluding hydrogens is 307 g/mol. The Morgan fingerprint density at radius 1 is 1.05 bits per heavy atom. The molecule has 3 nitrogen and oxygen atoms in total. The third-order valence-corrected chi connectivity index (χ3v) is 3.78. The summed E-state index contributed by atoms with van der Waals surface area (Å²) in [6.45, 7) is 0. The van der Waals surface area contributed by atoms with Crippen molar-refractivity contribution in [1.29, 1.82) is 0 Å². The molecule has 104 valence electrons. The van der Waals surface area contributed by atoms with E-state index in [2.05, 4.69) is 10.3 Å². The summed E-state index contributed by atoms with van der Waals surface area (Å²) in [5.41, 5.74) is 1.10. The Balaban J connectivity index is 1.94. The number of benzene rings is 2. The molecule has 0 aliphatic heterocycles. The maximum atomic E-state index is 12.3. The first-order valence-corrected chi connectivity index (χ1v) is 7.01. The van der Waals surface area contributed by atoms with E-state index in [-0.39, 0.29) is 16.1 Å². The van der Waals surface area contributed by atoms with Crippen LogP contribution < -0.4 is 5.32 Å². The van der Waals surface area contributed by atoms with E-state index in [1.165, 1.54) is 12.3 Å². The molecule has 0 fully saturated rings. The van der Waals surface area contributed by atoms with Crippen molar-refractivity contribution >= 4 is 45.6 Å². The molecule has 0 unspecified atom stereocenters. The monoisotopic (exact) mass is 316 g/mol. The molecule has 21 heavy (non-hydrogen) atoms. The van der Waals surface area contributed by atoms with Crippen molar-refractivity contribution in [2.45, 2.75) is 0 Å². The number of fused-ring (bicyclic) bond motifs is 1. The zero-order valence-electron chi connectivity index (χ0n) is 10.8. The van der Waals surface area contributed by atoms with Gasteiger partial charge in [-0.3, -0.25) is 4.79 Å². The van der Waals surface area contributed by atoms with Gasteiger partial charge in [0.15, 0.2) is 0 Å². The number of carbonyl (C=O) groups excluding carboxylic acids is 1. The predicted molar refractivity (Wildman–Crippen MR) is 86.2 cm³/mol. The van der Waals surface area contributed by atoms with Gasteiger partial charge in [0.1, 0.15) is 5.15 Å². The van der Waals surface area contributed by atoms with E-state index in [9.17, 15) is 4.79 Å². The molecule has 0 aliphatic rings. The Labute approximate surface area is 131 Å². The summed E-state index contributed by atoms with van der Waals surface area (Å²) < 4.78 is 0. The van der Waals surface area contributed by atoms with Crippen LogP contribution in [-0.2, 0) is 0 Å². The standard InChI is InChI=1S/C16H10Cl2N2O/c17-13-8-11(9-19-15(13)18)16(21)20-14-7-3-5-10-4-1-2-6-12(10)14/h1-9H,(H,20,21). The molecule has 3 rings (SSSR count). The summed E-state index contributed by atoms with van der Waals surface area (Å²) >= 11 is 11.6. The van der Waals surface area contributed by atoms with Gasteiger partial charge in [0.05, 0.1) is 10.6 Å². The number of amides is 1. The van der Waals surface area contributed by atoms with Gasteiger partial charge in [0, 0.05) is 17.3 Å². The quantitative estimate of drug-likeness (QED) is 0.690. The molecule has 0 saturated carbocycles. The molecule has 0 aliphatic carbocycles. The smallest absolute Gasteiger partial charge is 0.257 e. The minimum absolute atomic E-state index is 0.179. The lowest BCUT2D eigenvalue weighted by Gasteiger charge is -2.09. The maximum absolute atomic E-state index is 12.3. The molecule has 1 heterocycles. The number of anilines is 1. The molecule has 0 atom stereocenters. The van der Waals surface area contributed by atoms with Crippen LogP contribution in [0.4, 0.5) is 5.69 Å². The molecular formula is C16H10Cl2N2O. The molecule has 3 aromatic rings. The minimum atomic E-state index is -0.280. The van der Waals surface area contributed by atoms with Crippen LogP contribution in [0.1, 0.15) is 10.4 Å². The van der Waals surface area contributed by atoms with Gasteiger partial charge in [-0.15, -0.1) is 0 Å². The van der Waals surface area contributed by atoms with Crippen molar-refractivity contribution in [3.8, 4) is 0 Å². The SMILES string of the molecule is O=C(Nc1cccc2ccccc12)c1cnc(Cl)c(Cl)c1. The van der Waals surface area contributed by atoms with Crippen molar-refractivity contribution in [3.05, 3.63) is 70.5 Å². The highest BCUT2D eigenvalue weighted by molar-refractivity contribution is 6.41. The molecule has 0 spiro atoms. The molecule has 0 saturated heterocycles. The Kier molecular flexibility index (Phi) is 3.78. The number of halogens is 2. The fourth-order valence-electron chi connectivity index (χ4n) is 2.07. The van der Waals surface area contributed by atoms with E-state index in [0.717, 1.165) is 16.5 Å². The molecule has 0 radical (unpaired) electrons. The van der Waals surface area contributed by atoms with E-state index < -0.39 is 0 Å². The van der Waals surface area contributed by atoms with Crippen molar-refractivity contribution in [2.24, 2.45) is 0 Å². The number of carbonyl (C=O) groups is 1. The van der Waals surface area contributed by atoms with Crippen molar-refractivity contribution in [2.75, 3.05) is 5.32 Å². The number of nitrogens with one attached hydrogen (secondary N) is 1. The van der Waals surface area contributed by atoms with E-state index in [4.69, 9.17) is 23.2 Å². The van der Waals surface area contributed by atoms with E-state index >= 15 is 0 Å². The highest BCUT2D eigenvalue weighted by atomic mass is 35.5. The first-order valence-electron chi connectivity index (χ1n) is 6.25. The van der Waals surface area contributed by atoms with Crippen LogP contribution in [0.25, 0.3) is 10.8 Å². The van der Waals surface area contributed by atoms with E-state index in [0.29, 0.717) is 5.56 Å². The highest BCUT2D eigenvalue weighted by Crippen LogP contribution is 2.24. The number of nitrogens with zero attached hydrogens (tertiary/aromatic N) is 1. The largest absolute Gasteiger partial charge is 0.321 e. The summed E-state index contributed by atoms with van der Waals surface area (Å²) in [4.78, 5) is 16.1. The number of pyridine rings is 1. The summed E-state index contributed by atoms with van der Waals surface area (Å²) in [6, 6.07) is 15.1. The number of hydrogen-bond acceptors (Lipinski definition) is 2. The van der Waals surface area contributed by atoms with Gasteiger partial charge in [-0.05, 0) is 17.5 Å².